The third kappa shape index (κ3) is 11.7. The maximum Gasteiger partial charge on any atom is 0.224 e. The van der Waals surface area contributed by atoms with Crippen molar-refractivity contribution in [2.75, 3.05) is 34.0 Å². The Kier molecular flexibility index (Phi) is 14.8. The number of hydrogen-bond donors (Lipinski definition) is 4. The first-order chi connectivity index (χ1) is 18.2. The molecule has 0 saturated carbocycles. The van der Waals surface area contributed by atoms with Crippen LogP contribution in [0.15, 0.2) is 18.2 Å². The Morgan fingerprint density at radius 3 is 2.23 bits per heavy atom. The Morgan fingerprint density at radius 1 is 1.03 bits per heavy atom. The molecule has 39 heavy (non-hydrogen) atoms. The first kappa shape index (κ1) is 34.7. The highest BCUT2D eigenvalue weighted by molar-refractivity contribution is 5.83. The van der Waals surface area contributed by atoms with Crippen molar-refractivity contribution in [3.63, 3.8) is 0 Å². The summed E-state index contributed by atoms with van der Waals surface area (Å²) in [6.45, 7) is 12.9. The molecule has 0 saturated heterocycles. The van der Waals surface area contributed by atoms with E-state index in [2.05, 4.69) is 19.2 Å². The van der Waals surface area contributed by atoms with Gasteiger partial charge in [-0.15, -0.1) is 0 Å². The molecule has 0 spiro atoms. The van der Waals surface area contributed by atoms with Crippen LogP contribution < -0.4 is 26.3 Å². The van der Waals surface area contributed by atoms with Crippen LogP contribution >= 0.6 is 0 Å². The molecule has 0 aliphatic rings. The fourth-order valence-electron chi connectivity index (χ4n) is 4.39. The van der Waals surface area contributed by atoms with Gasteiger partial charge in [0.2, 0.25) is 11.8 Å². The van der Waals surface area contributed by atoms with Gasteiger partial charge in [0.15, 0.2) is 11.5 Å². The number of rotatable bonds is 19. The van der Waals surface area contributed by atoms with E-state index in [0.717, 1.165) is 18.4 Å². The van der Waals surface area contributed by atoms with Crippen molar-refractivity contribution in [1.82, 2.24) is 5.32 Å². The SMILES string of the molecule is COCCCOc1cc(C[C@H](C[C@@H](N)[C@H](O)C[C@@H](C(=O)NCC(C)(C)C(N)=O)C(C)C)C(C)C)ccc1OC. The summed E-state index contributed by atoms with van der Waals surface area (Å²) < 4.78 is 16.5. The number of ether oxygens (including phenoxy) is 3. The molecule has 1 aromatic carbocycles. The van der Waals surface area contributed by atoms with Crippen LogP contribution in [0.25, 0.3) is 0 Å². The highest BCUT2D eigenvalue weighted by atomic mass is 16.5. The zero-order valence-electron chi connectivity index (χ0n) is 25.3. The van der Waals surface area contributed by atoms with Gasteiger partial charge in [-0.25, -0.2) is 0 Å². The second-order valence-corrected chi connectivity index (χ2v) is 11.9. The highest BCUT2D eigenvalue weighted by Gasteiger charge is 2.32. The van der Waals surface area contributed by atoms with E-state index in [4.69, 9.17) is 25.7 Å². The summed E-state index contributed by atoms with van der Waals surface area (Å²) in [6.07, 6.45) is 1.56. The smallest absolute Gasteiger partial charge is 0.224 e. The van der Waals surface area contributed by atoms with Gasteiger partial charge in [0.05, 0.1) is 25.2 Å². The number of carbonyl (C=O) groups excluding carboxylic acids is 2. The van der Waals surface area contributed by atoms with Crippen LogP contribution in [0.2, 0.25) is 0 Å². The number of aliphatic hydroxyl groups excluding tert-OH is 1. The molecule has 9 nitrogen and oxygen atoms in total. The van der Waals surface area contributed by atoms with Gasteiger partial charge in [-0.05, 0) is 68.6 Å². The highest BCUT2D eigenvalue weighted by Crippen LogP contribution is 2.32. The van der Waals surface area contributed by atoms with Crippen molar-refractivity contribution in [1.29, 1.82) is 0 Å². The average Bonchev–Trinajstić information content (AvgIpc) is 2.87. The monoisotopic (exact) mass is 551 g/mol. The molecular weight excluding hydrogens is 498 g/mol. The molecule has 0 fully saturated rings. The lowest BCUT2D eigenvalue weighted by atomic mass is 9.80. The lowest BCUT2D eigenvalue weighted by molar-refractivity contribution is -0.130. The van der Waals surface area contributed by atoms with Gasteiger partial charge in [-0.1, -0.05) is 33.8 Å². The minimum Gasteiger partial charge on any atom is -0.493 e. The van der Waals surface area contributed by atoms with Crippen LogP contribution in [0.4, 0.5) is 0 Å². The molecular formula is C30H53N3O6. The van der Waals surface area contributed by atoms with Gasteiger partial charge in [0.1, 0.15) is 0 Å². The van der Waals surface area contributed by atoms with Gasteiger partial charge < -0.3 is 36.1 Å². The first-order valence-electron chi connectivity index (χ1n) is 14.0. The topological polar surface area (TPSA) is 146 Å². The molecule has 0 bridgehead atoms. The third-order valence-electron chi connectivity index (χ3n) is 7.50. The molecule has 224 valence electrons. The molecule has 0 radical (unpaired) electrons. The van der Waals surface area contributed by atoms with Crippen LogP contribution in [0, 0.1) is 29.1 Å². The van der Waals surface area contributed by atoms with Crippen molar-refractivity contribution in [3.8, 4) is 11.5 Å². The molecule has 4 atom stereocenters. The lowest BCUT2D eigenvalue weighted by Gasteiger charge is -2.30. The Hall–Kier alpha value is -2.36. The number of primary amides is 1. The van der Waals surface area contributed by atoms with Crippen molar-refractivity contribution in [3.05, 3.63) is 23.8 Å². The maximum atomic E-state index is 12.9. The zero-order valence-corrected chi connectivity index (χ0v) is 25.3. The molecule has 0 unspecified atom stereocenters. The van der Waals surface area contributed by atoms with Gasteiger partial charge >= 0.3 is 0 Å². The molecule has 0 aliphatic carbocycles. The predicted molar refractivity (Wildman–Crippen MR) is 155 cm³/mol. The fourth-order valence-corrected chi connectivity index (χ4v) is 4.39. The van der Waals surface area contributed by atoms with Gasteiger partial charge in [-0.3, -0.25) is 9.59 Å². The number of nitrogens with one attached hydrogen (secondary N) is 1. The largest absolute Gasteiger partial charge is 0.493 e. The third-order valence-corrected chi connectivity index (χ3v) is 7.50. The van der Waals surface area contributed by atoms with Crippen LogP contribution in [0.3, 0.4) is 0 Å². The van der Waals surface area contributed by atoms with E-state index < -0.39 is 29.4 Å². The van der Waals surface area contributed by atoms with E-state index in [1.54, 1.807) is 28.1 Å². The van der Waals surface area contributed by atoms with Crippen LogP contribution in [0.5, 0.6) is 11.5 Å². The number of hydrogen-bond acceptors (Lipinski definition) is 7. The summed E-state index contributed by atoms with van der Waals surface area (Å²) in [7, 11) is 3.29. The molecule has 0 aliphatic heterocycles. The minimum absolute atomic E-state index is 0.00829. The summed E-state index contributed by atoms with van der Waals surface area (Å²) in [5.41, 5.74) is 12.2. The minimum atomic E-state index is -0.854. The Balaban J connectivity index is 2.87. The average molecular weight is 552 g/mol. The maximum absolute atomic E-state index is 12.9. The van der Waals surface area contributed by atoms with E-state index in [9.17, 15) is 14.7 Å². The molecule has 6 N–H and O–H groups in total. The van der Waals surface area contributed by atoms with Crippen molar-refractivity contribution in [2.24, 2.45) is 40.6 Å². The number of carbonyl (C=O) groups is 2. The number of methoxy groups -OCH3 is 2. The van der Waals surface area contributed by atoms with Gasteiger partial charge in [0, 0.05) is 38.6 Å². The standard InChI is InChI=1S/C30H53N3O6/c1-19(2)22(14-21-10-11-26(38-8)27(15-21)39-13-9-12-37-7)16-24(31)25(34)17-23(20(3)4)28(35)33-18-30(5,6)29(32)36/h10-11,15,19-20,22-25,34H,9,12-14,16-18,31H2,1-8H3,(H2,32,36)(H,33,35)/t22-,23-,24-,25-/m1/s1. The molecule has 1 rings (SSSR count). The van der Waals surface area contributed by atoms with E-state index in [-0.39, 0.29) is 30.7 Å². The second kappa shape index (κ2) is 16.7. The molecule has 0 aromatic heterocycles. The lowest BCUT2D eigenvalue weighted by Crippen LogP contribution is -2.46. The molecule has 1 aromatic rings. The van der Waals surface area contributed by atoms with Crippen molar-refractivity contribution < 1.29 is 28.9 Å². The number of benzene rings is 1. The second-order valence-electron chi connectivity index (χ2n) is 11.9. The van der Waals surface area contributed by atoms with E-state index >= 15 is 0 Å². The summed E-state index contributed by atoms with van der Waals surface area (Å²) in [4.78, 5) is 24.5. The quantitative estimate of drug-likeness (QED) is 0.193. The number of aliphatic hydroxyl groups is 1. The molecule has 9 heteroatoms. The van der Waals surface area contributed by atoms with Gasteiger partial charge in [0.25, 0.3) is 0 Å². The number of nitrogens with two attached hydrogens (primary N) is 2. The van der Waals surface area contributed by atoms with Crippen LogP contribution in [-0.4, -0.2) is 63.0 Å². The first-order valence-corrected chi connectivity index (χ1v) is 14.0. The van der Waals surface area contributed by atoms with E-state index in [1.165, 1.54) is 0 Å². The predicted octanol–water partition coefficient (Wildman–Crippen LogP) is 3.29. The van der Waals surface area contributed by atoms with Crippen molar-refractivity contribution in [2.45, 2.75) is 79.4 Å². The summed E-state index contributed by atoms with van der Waals surface area (Å²) in [5, 5.41) is 13.9. The summed E-state index contributed by atoms with van der Waals surface area (Å²) in [5.74, 6) is 0.792. The number of amides is 2. The summed E-state index contributed by atoms with van der Waals surface area (Å²) >= 11 is 0. The van der Waals surface area contributed by atoms with Crippen LogP contribution in [-0.2, 0) is 20.7 Å². The molecule has 0 heterocycles. The van der Waals surface area contributed by atoms with E-state index in [1.807, 2.05) is 32.0 Å². The van der Waals surface area contributed by atoms with E-state index in [0.29, 0.717) is 37.1 Å². The Bertz CT molecular complexity index is 889. The fraction of sp³-hybridized carbons (Fsp3) is 0.733. The Morgan fingerprint density at radius 2 is 1.69 bits per heavy atom. The summed E-state index contributed by atoms with van der Waals surface area (Å²) in [6, 6.07) is 5.47. The van der Waals surface area contributed by atoms with Crippen LogP contribution in [0.1, 0.15) is 66.4 Å². The molecule has 2 amide bonds. The normalized spacial score (nSPS) is 15.1. The zero-order chi connectivity index (χ0) is 29.8. The Labute approximate surface area is 235 Å². The van der Waals surface area contributed by atoms with Gasteiger partial charge in [-0.2, -0.15) is 0 Å². The van der Waals surface area contributed by atoms with Crippen molar-refractivity contribution >= 4 is 11.8 Å².